The number of likely N-dealkylation sites (N-methyl/N-ethyl adjacent to an activating group) is 1. The molecule has 1 amide bonds. The van der Waals surface area contributed by atoms with Crippen molar-refractivity contribution in [2.45, 2.75) is 6.92 Å². The first-order valence-corrected chi connectivity index (χ1v) is 6.51. The molecule has 0 unspecified atom stereocenters. The topological polar surface area (TPSA) is 79.2 Å². The van der Waals surface area contributed by atoms with Gasteiger partial charge in [-0.1, -0.05) is 0 Å². The summed E-state index contributed by atoms with van der Waals surface area (Å²) in [5.41, 5.74) is 1.19. The Hall–Kier alpha value is -2.41. The molecular weight excluding hydrogens is 275 g/mol. The van der Waals surface area contributed by atoms with Crippen LogP contribution >= 0.6 is 0 Å². The Bertz CT molecular complexity index is 654. The number of carbonyl (C=O) groups is 1. The van der Waals surface area contributed by atoms with E-state index in [1.807, 2.05) is 0 Å². The van der Waals surface area contributed by atoms with Gasteiger partial charge in [-0.2, -0.15) is 5.10 Å². The summed E-state index contributed by atoms with van der Waals surface area (Å²) < 4.78 is 14.5. The lowest BCUT2D eigenvalue weighted by atomic mass is 10.2. The van der Waals surface area contributed by atoms with E-state index < -0.39 is 5.91 Å². The van der Waals surface area contributed by atoms with Crippen LogP contribution in [-0.2, 0) is 0 Å². The maximum atomic E-state index is 13.1. The molecule has 112 valence electrons. The summed E-state index contributed by atoms with van der Waals surface area (Å²) in [5, 5.41) is 19.4. The van der Waals surface area contributed by atoms with Crippen molar-refractivity contribution in [3.8, 4) is 11.4 Å². The molecule has 6 nitrogen and oxygen atoms in total. The third kappa shape index (κ3) is 3.38. The van der Waals surface area contributed by atoms with Crippen LogP contribution in [0.2, 0.25) is 0 Å². The number of hydrogen-bond donors (Lipinski definition) is 3. The third-order valence-electron chi connectivity index (χ3n) is 2.98. The highest BCUT2D eigenvalue weighted by Gasteiger charge is 2.17. The highest BCUT2D eigenvalue weighted by atomic mass is 19.1. The van der Waals surface area contributed by atoms with Crippen molar-refractivity contribution >= 4 is 5.91 Å². The van der Waals surface area contributed by atoms with Crippen molar-refractivity contribution in [2.75, 3.05) is 20.1 Å². The Labute approximate surface area is 121 Å². The van der Waals surface area contributed by atoms with E-state index >= 15 is 0 Å². The predicted octanol–water partition coefficient (Wildman–Crippen LogP) is 0.975. The molecule has 0 bridgehead atoms. The van der Waals surface area contributed by atoms with Crippen LogP contribution in [0.4, 0.5) is 4.39 Å². The van der Waals surface area contributed by atoms with Gasteiger partial charge in [0.25, 0.3) is 5.91 Å². The molecule has 0 aliphatic heterocycles. The molecular formula is C14H17FN4O2. The fourth-order valence-electron chi connectivity index (χ4n) is 1.91. The largest absolute Gasteiger partial charge is 0.504 e. The number of hydrogen-bond acceptors (Lipinski definition) is 4. The lowest BCUT2D eigenvalue weighted by molar-refractivity contribution is 0.0946. The predicted molar refractivity (Wildman–Crippen MR) is 76.2 cm³/mol. The number of nitrogens with zero attached hydrogens (tertiary/aromatic N) is 2. The van der Waals surface area contributed by atoms with Crippen LogP contribution in [0.25, 0.3) is 5.69 Å². The molecule has 0 aliphatic carbocycles. The maximum Gasteiger partial charge on any atom is 0.275 e. The van der Waals surface area contributed by atoms with Gasteiger partial charge in [-0.25, -0.2) is 9.07 Å². The van der Waals surface area contributed by atoms with E-state index in [1.165, 1.54) is 23.0 Å². The number of aromatic hydroxyl groups is 1. The molecule has 2 aromatic rings. The smallest absolute Gasteiger partial charge is 0.275 e. The maximum absolute atomic E-state index is 13.1. The summed E-state index contributed by atoms with van der Waals surface area (Å²) in [7, 11) is 1.77. The van der Waals surface area contributed by atoms with Crippen LogP contribution in [0, 0.1) is 12.7 Å². The van der Waals surface area contributed by atoms with E-state index in [9.17, 15) is 14.3 Å². The monoisotopic (exact) mass is 292 g/mol. The standard InChI is InChI=1S/C14H17FN4O2/c1-9-7-10(15)3-4-11(9)19-8-12(20)13(18-19)14(21)17-6-5-16-2/h3-4,7-8,16,20H,5-6H2,1-2H3,(H,17,21). The summed E-state index contributed by atoms with van der Waals surface area (Å²) in [6, 6.07) is 4.20. The van der Waals surface area contributed by atoms with Crippen molar-refractivity contribution < 1.29 is 14.3 Å². The number of aromatic nitrogens is 2. The molecule has 7 heteroatoms. The zero-order valence-electron chi connectivity index (χ0n) is 11.9. The SMILES string of the molecule is CNCCNC(=O)c1nn(-c2ccc(F)cc2C)cc1O. The van der Waals surface area contributed by atoms with E-state index in [4.69, 9.17) is 0 Å². The van der Waals surface area contributed by atoms with Gasteiger partial charge in [0, 0.05) is 13.1 Å². The second kappa shape index (κ2) is 6.36. The van der Waals surface area contributed by atoms with Crippen molar-refractivity contribution in [3.05, 3.63) is 41.5 Å². The number of halogens is 1. The van der Waals surface area contributed by atoms with E-state index in [0.717, 1.165) is 0 Å². The summed E-state index contributed by atoms with van der Waals surface area (Å²) in [4.78, 5) is 11.9. The van der Waals surface area contributed by atoms with Crippen LogP contribution in [0.5, 0.6) is 5.75 Å². The second-order valence-corrected chi connectivity index (χ2v) is 4.60. The number of nitrogens with one attached hydrogen (secondary N) is 2. The first-order chi connectivity index (χ1) is 10.0. The van der Waals surface area contributed by atoms with E-state index in [-0.39, 0.29) is 17.3 Å². The van der Waals surface area contributed by atoms with Gasteiger partial charge < -0.3 is 15.7 Å². The quantitative estimate of drug-likeness (QED) is 0.718. The first kappa shape index (κ1) is 15.0. The number of aryl methyl sites for hydroxylation is 1. The molecule has 2 rings (SSSR count). The van der Waals surface area contributed by atoms with Crippen molar-refractivity contribution in [2.24, 2.45) is 0 Å². The number of amides is 1. The molecule has 0 fully saturated rings. The summed E-state index contributed by atoms with van der Waals surface area (Å²) in [6.45, 7) is 2.77. The molecule has 1 aromatic carbocycles. The van der Waals surface area contributed by atoms with Gasteiger partial charge in [0.05, 0.1) is 11.9 Å². The summed E-state index contributed by atoms with van der Waals surface area (Å²) in [6.07, 6.45) is 1.33. The zero-order chi connectivity index (χ0) is 15.4. The normalized spacial score (nSPS) is 10.6. The number of carbonyl (C=O) groups excluding carboxylic acids is 1. The van der Waals surface area contributed by atoms with Gasteiger partial charge in [0.1, 0.15) is 5.82 Å². The molecule has 1 aromatic heterocycles. The van der Waals surface area contributed by atoms with Crippen LogP contribution in [-0.4, -0.2) is 40.9 Å². The van der Waals surface area contributed by atoms with Gasteiger partial charge in [-0.3, -0.25) is 4.79 Å². The highest BCUT2D eigenvalue weighted by Crippen LogP contribution is 2.20. The summed E-state index contributed by atoms with van der Waals surface area (Å²) in [5.74, 6) is -1.03. The molecule has 3 N–H and O–H groups in total. The van der Waals surface area contributed by atoms with Crippen molar-refractivity contribution in [1.29, 1.82) is 0 Å². The molecule has 0 spiro atoms. The van der Waals surface area contributed by atoms with Crippen molar-refractivity contribution in [1.82, 2.24) is 20.4 Å². The Kier molecular flexibility index (Phi) is 4.54. The van der Waals surface area contributed by atoms with Crippen LogP contribution in [0.1, 0.15) is 16.1 Å². The van der Waals surface area contributed by atoms with Gasteiger partial charge in [0.15, 0.2) is 11.4 Å². The van der Waals surface area contributed by atoms with Gasteiger partial charge in [-0.15, -0.1) is 0 Å². The average Bonchev–Trinajstić information content (AvgIpc) is 2.80. The lowest BCUT2D eigenvalue weighted by Gasteiger charge is -2.05. The summed E-state index contributed by atoms with van der Waals surface area (Å²) >= 11 is 0. The van der Waals surface area contributed by atoms with E-state index in [0.29, 0.717) is 24.3 Å². The van der Waals surface area contributed by atoms with Crippen LogP contribution in [0.3, 0.4) is 0 Å². The molecule has 0 saturated heterocycles. The van der Waals surface area contributed by atoms with Gasteiger partial charge in [0.2, 0.25) is 0 Å². The molecule has 0 aliphatic rings. The molecule has 0 radical (unpaired) electrons. The first-order valence-electron chi connectivity index (χ1n) is 6.51. The average molecular weight is 292 g/mol. The van der Waals surface area contributed by atoms with Crippen molar-refractivity contribution in [3.63, 3.8) is 0 Å². The second-order valence-electron chi connectivity index (χ2n) is 4.60. The van der Waals surface area contributed by atoms with Crippen LogP contribution < -0.4 is 10.6 Å². The fraction of sp³-hybridized carbons (Fsp3) is 0.286. The Morgan fingerprint density at radius 1 is 1.43 bits per heavy atom. The zero-order valence-corrected chi connectivity index (χ0v) is 11.9. The van der Waals surface area contributed by atoms with E-state index in [1.54, 1.807) is 20.0 Å². The molecule has 21 heavy (non-hydrogen) atoms. The molecule has 0 saturated carbocycles. The highest BCUT2D eigenvalue weighted by molar-refractivity contribution is 5.94. The van der Waals surface area contributed by atoms with E-state index in [2.05, 4.69) is 15.7 Å². The number of benzene rings is 1. The Morgan fingerprint density at radius 2 is 2.19 bits per heavy atom. The molecule has 0 atom stereocenters. The minimum Gasteiger partial charge on any atom is -0.504 e. The van der Waals surface area contributed by atoms with Gasteiger partial charge in [-0.05, 0) is 37.7 Å². The van der Waals surface area contributed by atoms with Gasteiger partial charge >= 0.3 is 0 Å². The minimum atomic E-state index is -0.457. The lowest BCUT2D eigenvalue weighted by Crippen LogP contribution is -2.30. The van der Waals surface area contributed by atoms with Crippen LogP contribution in [0.15, 0.2) is 24.4 Å². The third-order valence-corrected chi connectivity index (χ3v) is 2.98. The molecule has 1 heterocycles. The fourth-order valence-corrected chi connectivity index (χ4v) is 1.91. The minimum absolute atomic E-state index is 0.0603. The Morgan fingerprint density at radius 3 is 2.86 bits per heavy atom. The number of rotatable bonds is 5. The Balaban J connectivity index is 2.24.